The molecule has 0 saturated heterocycles. The zero-order valence-electron chi connectivity index (χ0n) is 11.7. The third kappa shape index (κ3) is 2.69. The number of rotatable bonds is 5. The highest BCUT2D eigenvalue weighted by atomic mass is 16.7. The number of anilines is 1. The Kier molecular flexibility index (Phi) is 3.51. The van der Waals surface area contributed by atoms with Gasteiger partial charge < -0.3 is 19.5 Å². The number of aliphatic carboxylic acids is 1. The maximum atomic E-state index is 10.6. The number of hydrogen-bond acceptors (Lipinski definition) is 5. The van der Waals surface area contributed by atoms with Gasteiger partial charge in [-0.15, -0.1) is 0 Å². The first-order valence-corrected chi connectivity index (χ1v) is 6.76. The van der Waals surface area contributed by atoms with Crippen molar-refractivity contribution in [3.8, 4) is 11.5 Å². The minimum Gasteiger partial charge on any atom is -0.481 e. The predicted octanol–water partition coefficient (Wildman–Crippen LogP) is 2.26. The molecule has 0 radical (unpaired) electrons. The Balaban J connectivity index is 1.89. The van der Waals surface area contributed by atoms with Crippen LogP contribution in [0.25, 0.3) is 10.8 Å². The molecule has 0 aliphatic carbocycles. The van der Waals surface area contributed by atoms with E-state index < -0.39 is 5.97 Å². The number of ether oxygens (including phenoxy) is 2. The number of carboxylic acids is 1. The quantitative estimate of drug-likeness (QED) is 0.910. The van der Waals surface area contributed by atoms with Crippen molar-refractivity contribution in [2.24, 2.45) is 0 Å². The van der Waals surface area contributed by atoms with E-state index >= 15 is 0 Å². The molecule has 110 valence electrons. The zero-order valence-corrected chi connectivity index (χ0v) is 11.7. The fourth-order valence-electron chi connectivity index (χ4n) is 2.42. The number of carbonyl (C=O) groups is 1. The van der Waals surface area contributed by atoms with Crippen LogP contribution in [0.3, 0.4) is 0 Å². The smallest absolute Gasteiger partial charge is 0.303 e. The van der Waals surface area contributed by atoms with Crippen LogP contribution in [-0.2, 0) is 4.79 Å². The van der Waals surface area contributed by atoms with Gasteiger partial charge in [0.2, 0.25) is 6.79 Å². The minimum absolute atomic E-state index is 0.154. The molecule has 0 spiro atoms. The molecular formula is C15H16N2O4. The van der Waals surface area contributed by atoms with Crippen LogP contribution in [0.4, 0.5) is 5.82 Å². The van der Waals surface area contributed by atoms with Crippen LogP contribution in [-0.4, -0.2) is 36.4 Å². The molecule has 2 aromatic rings. The number of pyridine rings is 1. The first-order valence-electron chi connectivity index (χ1n) is 6.76. The lowest BCUT2D eigenvalue weighted by atomic mass is 10.1. The van der Waals surface area contributed by atoms with E-state index in [1.807, 2.05) is 30.1 Å². The monoisotopic (exact) mass is 288 g/mol. The van der Waals surface area contributed by atoms with Crippen molar-refractivity contribution in [1.29, 1.82) is 0 Å². The van der Waals surface area contributed by atoms with E-state index in [1.54, 1.807) is 6.20 Å². The van der Waals surface area contributed by atoms with Gasteiger partial charge in [-0.05, 0) is 30.0 Å². The molecule has 0 bridgehead atoms. The highest BCUT2D eigenvalue weighted by Gasteiger charge is 2.17. The van der Waals surface area contributed by atoms with Crippen LogP contribution in [0, 0.1) is 0 Å². The lowest BCUT2D eigenvalue weighted by Gasteiger charge is -2.19. The number of fused-ring (bicyclic) bond motifs is 2. The van der Waals surface area contributed by atoms with Gasteiger partial charge in [0.05, 0.1) is 0 Å². The highest BCUT2D eigenvalue weighted by molar-refractivity contribution is 5.94. The van der Waals surface area contributed by atoms with Crippen molar-refractivity contribution >= 4 is 22.6 Å². The standard InChI is InChI=1S/C15H16N2O4/c1-17(6-2-3-14(18)19)15-11-8-13-12(20-9-21-13)7-10(11)4-5-16-15/h4-5,7-8H,2-3,6,9H2,1H3,(H,18,19). The van der Waals surface area contributed by atoms with E-state index in [-0.39, 0.29) is 13.2 Å². The molecular weight excluding hydrogens is 272 g/mol. The van der Waals surface area contributed by atoms with E-state index in [9.17, 15) is 4.79 Å². The third-order valence-corrected chi connectivity index (χ3v) is 3.48. The summed E-state index contributed by atoms with van der Waals surface area (Å²) < 4.78 is 10.8. The van der Waals surface area contributed by atoms with Crippen LogP contribution < -0.4 is 14.4 Å². The minimum atomic E-state index is -0.780. The lowest BCUT2D eigenvalue weighted by Crippen LogP contribution is -2.20. The summed E-state index contributed by atoms with van der Waals surface area (Å²) in [5, 5.41) is 10.7. The van der Waals surface area contributed by atoms with Crippen molar-refractivity contribution in [3.63, 3.8) is 0 Å². The van der Waals surface area contributed by atoms with Crippen LogP contribution in [0.5, 0.6) is 11.5 Å². The first kappa shape index (κ1) is 13.5. The van der Waals surface area contributed by atoms with Gasteiger partial charge in [0.25, 0.3) is 0 Å². The zero-order chi connectivity index (χ0) is 14.8. The van der Waals surface area contributed by atoms with Crippen LogP contribution in [0.2, 0.25) is 0 Å². The van der Waals surface area contributed by atoms with Crippen LogP contribution in [0.1, 0.15) is 12.8 Å². The summed E-state index contributed by atoms with van der Waals surface area (Å²) in [6.07, 6.45) is 2.48. The SMILES string of the molecule is CN(CCCC(=O)O)c1nccc2cc3c(cc12)OCO3. The second kappa shape index (κ2) is 5.47. The molecule has 1 aromatic heterocycles. The molecule has 0 unspecified atom stereocenters. The van der Waals surface area contributed by atoms with Gasteiger partial charge in [0.1, 0.15) is 5.82 Å². The topological polar surface area (TPSA) is 71.9 Å². The van der Waals surface area contributed by atoms with Crippen LogP contribution >= 0.6 is 0 Å². The molecule has 0 fully saturated rings. The third-order valence-electron chi connectivity index (χ3n) is 3.48. The molecule has 1 aromatic carbocycles. The van der Waals surface area contributed by atoms with E-state index in [0.717, 1.165) is 28.1 Å². The summed E-state index contributed by atoms with van der Waals surface area (Å²) in [5.41, 5.74) is 0. The van der Waals surface area contributed by atoms with Gasteiger partial charge in [0, 0.05) is 31.6 Å². The molecule has 2 heterocycles. The first-order chi connectivity index (χ1) is 10.1. The fourth-order valence-corrected chi connectivity index (χ4v) is 2.42. The maximum Gasteiger partial charge on any atom is 0.303 e. The van der Waals surface area contributed by atoms with Crippen molar-refractivity contribution in [2.75, 3.05) is 25.3 Å². The van der Waals surface area contributed by atoms with Crippen molar-refractivity contribution in [1.82, 2.24) is 4.98 Å². The predicted molar refractivity (Wildman–Crippen MR) is 78.0 cm³/mol. The van der Waals surface area contributed by atoms with Gasteiger partial charge in [-0.3, -0.25) is 4.79 Å². The van der Waals surface area contributed by atoms with Gasteiger partial charge in [-0.2, -0.15) is 0 Å². The van der Waals surface area contributed by atoms with Crippen molar-refractivity contribution < 1.29 is 19.4 Å². The van der Waals surface area contributed by atoms with Gasteiger partial charge >= 0.3 is 5.97 Å². The number of benzene rings is 1. The summed E-state index contributed by atoms with van der Waals surface area (Å²) in [5.74, 6) is 1.50. The Hall–Kier alpha value is -2.50. The number of nitrogens with zero attached hydrogens (tertiary/aromatic N) is 2. The van der Waals surface area contributed by atoms with Crippen molar-refractivity contribution in [3.05, 3.63) is 24.4 Å². The molecule has 3 rings (SSSR count). The molecule has 0 amide bonds. The summed E-state index contributed by atoms with van der Waals surface area (Å²) in [6.45, 7) is 0.871. The number of hydrogen-bond donors (Lipinski definition) is 1. The van der Waals surface area contributed by atoms with Crippen molar-refractivity contribution in [2.45, 2.75) is 12.8 Å². The van der Waals surface area contributed by atoms with E-state index in [4.69, 9.17) is 14.6 Å². The van der Waals surface area contributed by atoms with Gasteiger partial charge in [-0.25, -0.2) is 4.98 Å². The average molecular weight is 288 g/mol. The van der Waals surface area contributed by atoms with E-state index in [0.29, 0.717) is 13.0 Å². The molecule has 1 aliphatic rings. The Morgan fingerprint density at radius 3 is 2.90 bits per heavy atom. The number of aromatic nitrogens is 1. The number of carboxylic acid groups (broad SMARTS) is 1. The lowest BCUT2D eigenvalue weighted by molar-refractivity contribution is -0.137. The fraction of sp³-hybridized carbons (Fsp3) is 0.333. The summed E-state index contributed by atoms with van der Waals surface area (Å²) in [6, 6.07) is 5.79. The largest absolute Gasteiger partial charge is 0.481 e. The van der Waals surface area contributed by atoms with E-state index in [1.165, 1.54) is 0 Å². The molecule has 6 heteroatoms. The normalized spacial score (nSPS) is 12.6. The second-order valence-corrected chi connectivity index (χ2v) is 4.98. The second-order valence-electron chi connectivity index (χ2n) is 4.98. The van der Waals surface area contributed by atoms with E-state index in [2.05, 4.69) is 4.98 Å². The summed E-state index contributed by atoms with van der Waals surface area (Å²) in [7, 11) is 1.91. The maximum absolute atomic E-state index is 10.6. The highest BCUT2D eigenvalue weighted by Crippen LogP contribution is 2.38. The Morgan fingerprint density at radius 2 is 2.14 bits per heavy atom. The molecule has 1 N–H and O–H groups in total. The van der Waals surface area contributed by atoms with Crippen LogP contribution in [0.15, 0.2) is 24.4 Å². The van der Waals surface area contributed by atoms with Gasteiger partial charge in [-0.1, -0.05) is 0 Å². The van der Waals surface area contributed by atoms with Gasteiger partial charge in [0.15, 0.2) is 11.5 Å². The summed E-state index contributed by atoms with van der Waals surface area (Å²) in [4.78, 5) is 17.0. The molecule has 21 heavy (non-hydrogen) atoms. The molecule has 0 atom stereocenters. The summed E-state index contributed by atoms with van der Waals surface area (Å²) >= 11 is 0. The molecule has 0 saturated carbocycles. The average Bonchev–Trinajstić information content (AvgIpc) is 2.90. The Bertz CT molecular complexity index is 687. The molecule has 1 aliphatic heterocycles. The molecule has 6 nitrogen and oxygen atoms in total. The Morgan fingerprint density at radius 1 is 1.38 bits per heavy atom. The Labute approximate surface area is 121 Å².